The fraction of sp³-hybridized carbons (Fsp3) is 0.750. The Morgan fingerprint density at radius 2 is 2.12 bits per heavy atom. The Morgan fingerprint density at radius 1 is 1.41 bits per heavy atom. The molecule has 0 saturated carbocycles. The molecule has 1 unspecified atom stereocenters. The van der Waals surface area contributed by atoms with Crippen LogP contribution < -0.4 is 5.32 Å². The molecule has 1 aromatic rings. The number of rotatable bonds is 7. The molecule has 0 bridgehead atoms. The Balaban J connectivity index is 2.66. The molecular weight excluding hydrogens is 238 g/mol. The lowest BCUT2D eigenvalue weighted by Gasteiger charge is -2.10. The molecule has 0 saturated heterocycles. The molecule has 0 radical (unpaired) electrons. The van der Waals surface area contributed by atoms with Gasteiger partial charge < -0.3 is 10.4 Å². The summed E-state index contributed by atoms with van der Waals surface area (Å²) in [6.07, 6.45) is 1.31. The van der Waals surface area contributed by atoms with Gasteiger partial charge in [-0.3, -0.25) is 4.68 Å². The quantitative estimate of drug-likeness (QED) is 0.787. The Morgan fingerprint density at radius 3 is 2.65 bits per heavy atom. The largest absolute Gasteiger partial charge is 0.392 e. The van der Waals surface area contributed by atoms with Crippen molar-refractivity contribution in [2.45, 2.75) is 52.8 Å². The van der Waals surface area contributed by atoms with Crippen molar-refractivity contribution < 1.29 is 5.11 Å². The van der Waals surface area contributed by atoms with Gasteiger partial charge in [-0.25, -0.2) is 0 Å². The van der Waals surface area contributed by atoms with Crippen molar-refractivity contribution in [3.63, 3.8) is 0 Å². The number of aliphatic hydroxyl groups is 1. The number of nitrogens with one attached hydrogen (secondary N) is 1. The van der Waals surface area contributed by atoms with Crippen molar-refractivity contribution >= 4 is 11.6 Å². The molecule has 2 N–H and O–H groups in total. The van der Waals surface area contributed by atoms with Crippen LogP contribution in [0.1, 0.15) is 38.6 Å². The van der Waals surface area contributed by atoms with E-state index in [-0.39, 0.29) is 6.10 Å². The van der Waals surface area contributed by atoms with E-state index in [0.717, 1.165) is 35.8 Å². The number of aryl methyl sites for hydroxylation is 2. The zero-order valence-electron chi connectivity index (χ0n) is 10.8. The van der Waals surface area contributed by atoms with E-state index in [9.17, 15) is 5.11 Å². The van der Waals surface area contributed by atoms with Gasteiger partial charge in [0.05, 0.1) is 22.5 Å². The molecular formula is C12H22ClN3O. The van der Waals surface area contributed by atoms with Crippen molar-refractivity contribution in [2.24, 2.45) is 0 Å². The van der Waals surface area contributed by atoms with Crippen LogP contribution >= 0.6 is 11.6 Å². The lowest BCUT2D eigenvalue weighted by atomic mass is 10.2. The molecule has 5 heteroatoms. The average Bonchev–Trinajstić information content (AvgIpc) is 2.65. The van der Waals surface area contributed by atoms with Crippen molar-refractivity contribution in [3.8, 4) is 0 Å². The van der Waals surface area contributed by atoms with Gasteiger partial charge >= 0.3 is 0 Å². The predicted molar refractivity (Wildman–Crippen MR) is 70.3 cm³/mol. The van der Waals surface area contributed by atoms with Crippen LogP contribution in [0.2, 0.25) is 5.02 Å². The van der Waals surface area contributed by atoms with Crippen molar-refractivity contribution in [2.75, 3.05) is 6.54 Å². The molecule has 1 heterocycles. The maximum Gasteiger partial charge on any atom is 0.0863 e. The highest BCUT2D eigenvalue weighted by atomic mass is 35.5. The van der Waals surface area contributed by atoms with Crippen LogP contribution in [-0.2, 0) is 19.5 Å². The maximum absolute atomic E-state index is 9.47. The molecule has 4 nitrogen and oxygen atoms in total. The summed E-state index contributed by atoms with van der Waals surface area (Å²) in [5, 5.41) is 17.9. The normalized spacial score (nSPS) is 13.0. The second kappa shape index (κ2) is 6.99. The molecule has 0 aliphatic carbocycles. The Labute approximate surface area is 108 Å². The molecule has 0 fully saturated rings. The molecule has 17 heavy (non-hydrogen) atoms. The van der Waals surface area contributed by atoms with E-state index in [0.29, 0.717) is 13.1 Å². The van der Waals surface area contributed by atoms with Gasteiger partial charge in [0.1, 0.15) is 0 Å². The molecule has 0 aliphatic rings. The van der Waals surface area contributed by atoms with Gasteiger partial charge in [-0.15, -0.1) is 0 Å². The predicted octanol–water partition coefficient (Wildman–Crippen LogP) is 1.98. The second-order valence-electron chi connectivity index (χ2n) is 4.07. The molecule has 0 spiro atoms. The monoisotopic (exact) mass is 259 g/mol. The number of nitrogens with zero attached hydrogens (tertiary/aromatic N) is 2. The third-order valence-corrected chi connectivity index (χ3v) is 3.27. The number of hydrogen-bond acceptors (Lipinski definition) is 3. The van der Waals surface area contributed by atoms with Crippen LogP contribution in [0.25, 0.3) is 0 Å². The first-order valence-electron chi connectivity index (χ1n) is 6.26. The van der Waals surface area contributed by atoms with Crippen LogP contribution in [0.5, 0.6) is 0 Å². The van der Waals surface area contributed by atoms with Gasteiger partial charge in [0, 0.05) is 19.6 Å². The average molecular weight is 260 g/mol. The van der Waals surface area contributed by atoms with Gasteiger partial charge in [0.15, 0.2) is 0 Å². The summed E-state index contributed by atoms with van der Waals surface area (Å²) in [4.78, 5) is 0. The Hall–Kier alpha value is -0.580. The molecule has 0 amide bonds. The van der Waals surface area contributed by atoms with E-state index in [4.69, 9.17) is 11.6 Å². The van der Waals surface area contributed by atoms with Gasteiger partial charge in [0.2, 0.25) is 0 Å². The maximum atomic E-state index is 9.47. The molecule has 98 valence electrons. The standard InChI is InChI=1S/C12H22ClN3O/c1-4-9(17)7-14-8-11-12(13)10(5-2)15-16(11)6-3/h9,14,17H,4-8H2,1-3H3. The number of aliphatic hydroxyl groups excluding tert-OH is 1. The zero-order valence-corrected chi connectivity index (χ0v) is 11.6. The first-order chi connectivity index (χ1) is 8.13. The molecule has 1 rings (SSSR count). The summed E-state index contributed by atoms with van der Waals surface area (Å²) >= 11 is 6.27. The van der Waals surface area contributed by atoms with Crippen LogP contribution in [0.3, 0.4) is 0 Å². The highest BCUT2D eigenvalue weighted by molar-refractivity contribution is 6.31. The lowest BCUT2D eigenvalue weighted by molar-refractivity contribution is 0.167. The minimum atomic E-state index is -0.294. The van der Waals surface area contributed by atoms with E-state index in [1.165, 1.54) is 0 Å². The van der Waals surface area contributed by atoms with Crippen LogP contribution in [0.15, 0.2) is 0 Å². The summed E-state index contributed by atoms with van der Waals surface area (Å²) in [5.74, 6) is 0. The van der Waals surface area contributed by atoms with E-state index >= 15 is 0 Å². The van der Waals surface area contributed by atoms with Crippen LogP contribution in [0.4, 0.5) is 0 Å². The first kappa shape index (κ1) is 14.5. The van der Waals surface area contributed by atoms with E-state index < -0.39 is 0 Å². The summed E-state index contributed by atoms with van der Waals surface area (Å²) in [5.41, 5.74) is 1.95. The topological polar surface area (TPSA) is 50.1 Å². The number of hydrogen-bond donors (Lipinski definition) is 2. The first-order valence-corrected chi connectivity index (χ1v) is 6.64. The highest BCUT2D eigenvalue weighted by Gasteiger charge is 2.13. The third kappa shape index (κ3) is 3.69. The highest BCUT2D eigenvalue weighted by Crippen LogP contribution is 2.21. The van der Waals surface area contributed by atoms with Gasteiger partial charge in [0.25, 0.3) is 0 Å². The second-order valence-corrected chi connectivity index (χ2v) is 4.45. The Kier molecular flexibility index (Phi) is 5.95. The van der Waals surface area contributed by atoms with Gasteiger partial charge in [-0.05, 0) is 19.8 Å². The summed E-state index contributed by atoms with van der Waals surface area (Å²) in [6, 6.07) is 0. The summed E-state index contributed by atoms with van der Waals surface area (Å²) in [7, 11) is 0. The van der Waals surface area contributed by atoms with E-state index in [2.05, 4.69) is 10.4 Å². The molecule has 1 aromatic heterocycles. The van der Waals surface area contributed by atoms with Crippen LogP contribution in [-0.4, -0.2) is 27.5 Å². The van der Waals surface area contributed by atoms with E-state index in [1.54, 1.807) is 0 Å². The molecule has 1 atom stereocenters. The Bertz CT molecular complexity index is 352. The van der Waals surface area contributed by atoms with Crippen molar-refractivity contribution in [1.29, 1.82) is 0 Å². The zero-order chi connectivity index (χ0) is 12.8. The van der Waals surface area contributed by atoms with Crippen LogP contribution in [0, 0.1) is 0 Å². The number of aromatic nitrogens is 2. The van der Waals surface area contributed by atoms with Crippen molar-refractivity contribution in [1.82, 2.24) is 15.1 Å². The molecule has 0 aliphatic heterocycles. The number of halogens is 1. The van der Waals surface area contributed by atoms with E-state index in [1.807, 2.05) is 25.5 Å². The minimum Gasteiger partial charge on any atom is -0.392 e. The molecule has 0 aromatic carbocycles. The van der Waals surface area contributed by atoms with Crippen molar-refractivity contribution in [3.05, 3.63) is 16.4 Å². The summed E-state index contributed by atoms with van der Waals surface area (Å²) in [6.45, 7) is 8.11. The lowest BCUT2D eigenvalue weighted by Crippen LogP contribution is -2.26. The minimum absolute atomic E-state index is 0.294. The smallest absolute Gasteiger partial charge is 0.0863 e. The van der Waals surface area contributed by atoms with Gasteiger partial charge in [-0.1, -0.05) is 25.4 Å². The summed E-state index contributed by atoms with van der Waals surface area (Å²) < 4.78 is 1.92. The SMILES string of the molecule is CCc1nn(CC)c(CNCC(O)CC)c1Cl. The fourth-order valence-electron chi connectivity index (χ4n) is 1.69. The fourth-order valence-corrected chi connectivity index (χ4v) is 2.02. The van der Waals surface area contributed by atoms with Gasteiger partial charge in [-0.2, -0.15) is 5.10 Å². The third-order valence-electron chi connectivity index (χ3n) is 2.84.